The molecule has 58 heavy (non-hydrogen) atoms. The monoisotopic (exact) mass is 826 g/mol. The predicted molar refractivity (Wildman–Crippen MR) is 173 cm³/mol. The molecule has 0 saturated heterocycles. The summed E-state index contributed by atoms with van der Waals surface area (Å²) in [6.07, 6.45) is 0.472. The van der Waals surface area contributed by atoms with Crippen molar-refractivity contribution >= 4 is 21.2 Å². The Labute approximate surface area is 315 Å². The van der Waals surface area contributed by atoms with Gasteiger partial charge in [-0.2, -0.15) is 13.2 Å². The summed E-state index contributed by atoms with van der Waals surface area (Å²) in [4.78, 5) is 19.8. The van der Waals surface area contributed by atoms with Crippen LogP contribution in [0.1, 0.15) is 28.1 Å². The highest BCUT2D eigenvalue weighted by molar-refractivity contribution is 7.92. The fourth-order valence-corrected chi connectivity index (χ4v) is 7.63. The van der Waals surface area contributed by atoms with Gasteiger partial charge in [0.1, 0.15) is 0 Å². The first-order chi connectivity index (χ1) is 27.3. The molecule has 0 radical (unpaired) electrons. The Bertz CT molecular complexity index is 3140. The summed E-state index contributed by atoms with van der Waals surface area (Å²) in [5.74, 6) is -18.5. The van der Waals surface area contributed by atoms with E-state index in [0.29, 0.717) is 6.20 Å². The fraction of sp³-hybridized carbons (Fsp3) is 0.111. The average Bonchev–Trinajstić information content (AvgIpc) is 3.75. The zero-order valence-corrected chi connectivity index (χ0v) is 28.8. The van der Waals surface area contributed by atoms with E-state index in [-0.39, 0.29) is 45.3 Å². The molecule has 2 aliphatic carbocycles. The molecule has 2 aromatic heterocycles. The number of benzene rings is 3. The third kappa shape index (κ3) is 5.22. The summed E-state index contributed by atoms with van der Waals surface area (Å²) >= 11 is 0. The molecular formula is C36H9F11N8O2S. The van der Waals surface area contributed by atoms with Gasteiger partial charge < -0.3 is 0 Å². The Hall–Kier alpha value is -7.30. The van der Waals surface area contributed by atoms with Gasteiger partial charge in [-0.25, -0.2) is 73.7 Å². The van der Waals surface area contributed by atoms with Crippen LogP contribution >= 0.6 is 0 Å². The van der Waals surface area contributed by atoms with Gasteiger partial charge in [-0.15, -0.1) is 0 Å². The topological polar surface area (TPSA) is 142 Å². The minimum atomic E-state index is -7.00. The van der Waals surface area contributed by atoms with Crippen LogP contribution in [-0.4, -0.2) is 33.9 Å². The van der Waals surface area contributed by atoms with Gasteiger partial charge in [0.15, 0.2) is 51.4 Å². The van der Waals surface area contributed by atoms with Crippen LogP contribution in [0.25, 0.3) is 66.1 Å². The first kappa shape index (κ1) is 39.0. The SMILES string of the molecule is [C-]#[N+]/C(C#N)=c1\c2c(/c(=C(/C#N)[N+]#[C-])c3c1Cc1ncc(-c4c(F)c(F)c(S(=O)(=O)C(F)(F)F)c(F)c4F)nc1-3)-c1nc(-c3c(F)c(F)c(C)c(F)c3F)cnc1C2. The summed E-state index contributed by atoms with van der Waals surface area (Å²) < 4.78 is 184. The number of nitriles is 2. The number of hydrogen-bond donors (Lipinski definition) is 0. The summed E-state index contributed by atoms with van der Waals surface area (Å²) in [6.45, 7) is 16.3. The molecule has 288 valence electrons. The summed E-state index contributed by atoms with van der Waals surface area (Å²) in [6, 6.07) is 3.28. The lowest BCUT2D eigenvalue weighted by atomic mass is 9.92. The molecule has 0 spiro atoms. The van der Waals surface area contributed by atoms with Crippen LogP contribution in [0.2, 0.25) is 0 Å². The average molecular weight is 827 g/mol. The van der Waals surface area contributed by atoms with Crippen LogP contribution in [0.3, 0.4) is 0 Å². The zero-order chi connectivity index (χ0) is 42.5. The van der Waals surface area contributed by atoms with E-state index in [2.05, 4.69) is 29.6 Å². The Morgan fingerprint density at radius 3 is 1.40 bits per heavy atom. The zero-order valence-electron chi connectivity index (χ0n) is 28.0. The number of alkyl halides is 3. The second-order valence-corrected chi connectivity index (χ2v) is 14.1. The molecule has 0 unspecified atom stereocenters. The van der Waals surface area contributed by atoms with Crippen LogP contribution in [-0.2, 0) is 22.7 Å². The summed E-state index contributed by atoms with van der Waals surface area (Å²) in [7, 11) is -7.00. The van der Waals surface area contributed by atoms with E-state index in [1.807, 2.05) is 0 Å². The maximum atomic E-state index is 15.4. The van der Waals surface area contributed by atoms with Crippen molar-refractivity contribution < 1.29 is 56.7 Å². The maximum absolute atomic E-state index is 15.4. The lowest BCUT2D eigenvalue weighted by Crippen LogP contribution is -2.26. The highest BCUT2D eigenvalue weighted by atomic mass is 32.2. The Morgan fingerprint density at radius 1 is 0.655 bits per heavy atom. The van der Waals surface area contributed by atoms with Gasteiger partial charge in [0, 0.05) is 40.0 Å². The number of aromatic nitrogens is 4. The van der Waals surface area contributed by atoms with Crippen LogP contribution in [0.15, 0.2) is 17.3 Å². The number of sulfone groups is 1. The van der Waals surface area contributed by atoms with Crippen LogP contribution in [0.5, 0.6) is 0 Å². The van der Waals surface area contributed by atoms with E-state index in [4.69, 9.17) is 13.1 Å². The quantitative estimate of drug-likeness (QED) is 0.111. The van der Waals surface area contributed by atoms with Crippen LogP contribution < -0.4 is 10.4 Å². The van der Waals surface area contributed by atoms with Crippen molar-refractivity contribution in [2.75, 3.05) is 0 Å². The summed E-state index contributed by atoms with van der Waals surface area (Å²) in [5.41, 5.74) is -16.0. The highest BCUT2D eigenvalue weighted by Crippen LogP contribution is 2.42. The van der Waals surface area contributed by atoms with Crippen molar-refractivity contribution in [2.45, 2.75) is 30.2 Å². The molecule has 0 fully saturated rings. The lowest BCUT2D eigenvalue weighted by molar-refractivity contribution is -0.0440. The van der Waals surface area contributed by atoms with Crippen molar-refractivity contribution in [3.8, 4) is 57.2 Å². The molecule has 22 heteroatoms. The number of fused-ring (bicyclic) bond motifs is 6. The molecule has 0 N–H and O–H groups in total. The smallest absolute Gasteiger partial charge is 0.256 e. The van der Waals surface area contributed by atoms with E-state index in [1.165, 1.54) is 0 Å². The number of hydrogen-bond acceptors (Lipinski definition) is 8. The molecule has 10 nitrogen and oxygen atoms in total. The minimum Gasteiger partial charge on any atom is -0.256 e. The van der Waals surface area contributed by atoms with Gasteiger partial charge >= 0.3 is 5.51 Å². The molecule has 5 aromatic rings. The molecule has 7 rings (SSSR count). The van der Waals surface area contributed by atoms with Crippen molar-refractivity contribution in [2.24, 2.45) is 0 Å². The first-order valence-corrected chi connectivity index (χ1v) is 17.0. The van der Waals surface area contributed by atoms with E-state index < -0.39 is 129 Å². The molecule has 2 aliphatic rings. The molecule has 3 aromatic carbocycles. The molecule has 0 aliphatic heterocycles. The number of rotatable bonds is 3. The highest BCUT2D eigenvalue weighted by Gasteiger charge is 2.52. The Morgan fingerprint density at radius 2 is 1.03 bits per heavy atom. The van der Waals surface area contributed by atoms with Gasteiger partial charge in [-0.05, 0) is 18.1 Å². The molecule has 0 atom stereocenters. The van der Waals surface area contributed by atoms with Crippen LogP contribution in [0, 0.1) is 89.3 Å². The molecule has 0 saturated carbocycles. The van der Waals surface area contributed by atoms with Crippen molar-refractivity contribution in [3.63, 3.8) is 0 Å². The van der Waals surface area contributed by atoms with E-state index >= 15 is 26.3 Å². The Kier molecular flexibility index (Phi) is 8.83. The van der Waals surface area contributed by atoms with E-state index in [0.717, 1.165) is 13.1 Å². The maximum Gasteiger partial charge on any atom is 0.502 e. The second kappa shape index (κ2) is 13.1. The minimum absolute atomic E-state index is 0.0252. The lowest BCUT2D eigenvalue weighted by Gasteiger charge is -2.15. The first-order valence-electron chi connectivity index (χ1n) is 15.5. The third-order valence-electron chi connectivity index (χ3n) is 9.27. The van der Waals surface area contributed by atoms with Crippen molar-refractivity contribution in [3.05, 3.63) is 120 Å². The number of nitrogens with zero attached hydrogens (tertiary/aromatic N) is 8. The van der Waals surface area contributed by atoms with Crippen molar-refractivity contribution in [1.29, 1.82) is 10.5 Å². The normalized spacial score (nSPS) is 13.7. The fourth-order valence-electron chi connectivity index (χ4n) is 6.75. The molecule has 0 bridgehead atoms. The number of halogens is 11. The van der Waals surface area contributed by atoms with Gasteiger partial charge in [0.05, 0.1) is 83.0 Å². The van der Waals surface area contributed by atoms with Crippen molar-refractivity contribution in [1.82, 2.24) is 19.9 Å². The molecule has 2 heterocycles. The second-order valence-electron chi connectivity index (χ2n) is 12.2. The van der Waals surface area contributed by atoms with Gasteiger partial charge in [0.25, 0.3) is 21.2 Å². The predicted octanol–water partition coefficient (Wildman–Crippen LogP) is 6.56. The van der Waals surface area contributed by atoms with Gasteiger partial charge in [-0.1, -0.05) is 0 Å². The van der Waals surface area contributed by atoms with Gasteiger partial charge in [-0.3, -0.25) is 9.97 Å². The van der Waals surface area contributed by atoms with E-state index in [9.17, 15) is 40.9 Å². The van der Waals surface area contributed by atoms with E-state index in [1.54, 1.807) is 12.1 Å². The third-order valence-corrected chi connectivity index (χ3v) is 10.8. The standard InChI is InChI=1S/C36H9F11N8O2S/c1-10-25(37)27(39)23(28(40)26(10)38)17-8-52-13-4-11-19(15(6-48)50-2)12-5-14-34(21(12)22(16(7-49)51-3)20(11)33(13)54-17)55-18(9-53-14)24-29(41)31(43)35(32(44)30(24)42)58(56,57)36(45,46)47/h8-9H,4-5H2,1H3/b19-15+,22-16+. The largest absolute Gasteiger partial charge is 0.502 e. The molecule has 0 amide bonds. The Balaban J connectivity index is 1.60. The summed E-state index contributed by atoms with van der Waals surface area (Å²) in [5, 5.41) is 19.5. The molecular weight excluding hydrogens is 817 g/mol. The van der Waals surface area contributed by atoms with Crippen LogP contribution in [0.4, 0.5) is 48.3 Å². The van der Waals surface area contributed by atoms with Gasteiger partial charge in [0.2, 0.25) is 0 Å².